The molecule has 1 heterocycles. The molecule has 27 heavy (non-hydrogen) atoms. The van der Waals surface area contributed by atoms with Crippen molar-refractivity contribution in [1.29, 1.82) is 0 Å². The summed E-state index contributed by atoms with van der Waals surface area (Å²) in [5, 5.41) is 0. The molecule has 1 amide bonds. The van der Waals surface area contributed by atoms with Crippen molar-refractivity contribution in [3.63, 3.8) is 0 Å². The number of piperidine rings is 1. The van der Waals surface area contributed by atoms with Crippen LogP contribution in [0.4, 0.5) is 18.0 Å². The molecule has 0 aliphatic carbocycles. The van der Waals surface area contributed by atoms with Gasteiger partial charge < -0.3 is 14.4 Å². The van der Waals surface area contributed by atoms with E-state index in [1.807, 2.05) is 20.8 Å². The maximum Gasteiger partial charge on any atom is 0.416 e. The van der Waals surface area contributed by atoms with Gasteiger partial charge in [-0.1, -0.05) is 22.0 Å². The first-order valence-corrected chi connectivity index (χ1v) is 9.66. The molecular weight excluding hydrogens is 427 g/mol. The fourth-order valence-corrected chi connectivity index (χ4v) is 3.24. The molecule has 152 valence electrons. The molecule has 1 aliphatic rings. The van der Waals surface area contributed by atoms with Gasteiger partial charge in [-0.05, 0) is 57.2 Å². The Labute approximate surface area is 166 Å². The summed E-state index contributed by atoms with van der Waals surface area (Å²) in [6, 6.07) is 4.07. The average Bonchev–Trinajstić information content (AvgIpc) is 2.54. The Morgan fingerprint density at radius 1 is 1.22 bits per heavy atom. The number of nitrogens with zero attached hydrogens (tertiary/aromatic N) is 1. The normalized spacial score (nSPS) is 16.5. The predicted octanol–water partition coefficient (Wildman–Crippen LogP) is 5.63. The Morgan fingerprint density at radius 2 is 1.85 bits per heavy atom. The first-order valence-electron chi connectivity index (χ1n) is 8.87. The lowest BCUT2D eigenvalue weighted by atomic mass is 9.98. The van der Waals surface area contributed by atoms with Crippen LogP contribution in [0, 0.1) is 5.92 Å². The molecule has 1 fully saturated rings. The number of carbonyl (C=O) groups is 1. The molecule has 0 spiro atoms. The quantitative estimate of drug-likeness (QED) is 0.595. The Kier molecular flexibility index (Phi) is 7.19. The zero-order chi connectivity index (χ0) is 20.2. The van der Waals surface area contributed by atoms with E-state index in [1.54, 1.807) is 11.0 Å². The van der Waals surface area contributed by atoms with Crippen LogP contribution in [0.3, 0.4) is 0 Å². The van der Waals surface area contributed by atoms with E-state index < -0.39 is 17.3 Å². The fraction of sp³-hybridized carbons (Fsp3) is 0.632. The van der Waals surface area contributed by atoms with Gasteiger partial charge in [0.05, 0.1) is 12.2 Å². The highest BCUT2D eigenvalue weighted by atomic mass is 79.9. The average molecular weight is 452 g/mol. The molecule has 0 bridgehead atoms. The molecular formula is C19H25BrF3NO3. The smallest absolute Gasteiger partial charge is 0.416 e. The summed E-state index contributed by atoms with van der Waals surface area (Å²) in [6.45, 7) is 6.88. The number of benzene rings is 1. The first-order chi connectivity index (χ1) is 12.5. The highest BCUT2D eigenvalue weighted by molar-refractivity contribution is 9.10. The van der Waals surface area contributed by atoms with Gasteiger partial charge in [0, 0.05) is 24.2 Å². The molecule has 1 aliphatic heterocycles. The first kappa shape index (κ1) is 22.0. The van der Waals surface area contributed by atoms with E-state index in [-0.39, 0.29) is 24.2 Å². The van der Waals surface area contributed by atoms with E-state index in [0.29, 0.717) is 24.2 Å². The molecule has 0 aromatic heterocycles. The standard InChI is InChI=1S/C19H25BrF3NO3/c1-18(2,3)27-17(25)24-8-6-13(7-9-24)11-26-12-14-4-5-15(20)10-16(14)19(21,22)23/h4-5,10,13H,6-9,11-12H2,1-3H3. The number of hydrogen-bond acceptors (Lipinski definition) is 3. The molecule has 4 nitrogen and oxygen atoms in total. The van der Waals surface area contributed by atoms with Gasteiger partial charge in [-0.2, -0.15) is 13.2 Å². The second-order valence-electron chi connectivity index (χ2n) is 7.73. The minimum Gasteiger partial charge on any atom is -0.444 e. The van der Waals surface area contributed by atoms with Gasteiger partial charge in [0.2, 0.25) is 0 Å². The van der Waals surface area contributed by atoms with E-state index >= 15 is 0 Å². The van der Waals surface area contributed by atoms with Crippen molar-refractivity contribution in [2.75, 3.05) is 19.7 Å². The lowest BCUT2D eigenvalue weighted by molar-refractivity contribution is -0.139. The van der Waals surface area contributed by atoms with Gasteiger partial charge >= 0.3 is 12.3 Å². The largest absolute Gasteiger partial charge is 0.444 e. The molecule has 2 rings (SSSR count). The fourth-order valence-electron chi connectivity index (χ4n) is 2.88. The molecule has 1 aromatic rings. The van der Waals surface area contributed by atoms with Crippen molar-refractivity contribution in [2.45, 2.75) is 52.0 Å². The number of hydrogen-bond donors (Lipinski definition) is 0. The van der Waals surface area contributed by atoms with Crippen LogP contribution >= 0.6 is 15.9 Å². The van der Waals surface area contributed by atoms with Gasteiger partial charge in [0.1, 0.15) is 5.60 Å². The van der Waals surface area contributed by atoms with Crippen LogP contribution in [0.15, 0.2) is 22.7 Å². The van der Waals surface area contributed by atoms with E-state index in [9.17, 15) is 18.0 Å². The summed E-state index contributed by atoms with van der Waals surface area (Å²) < 4.78 is 50.7. The van der Waals surface area contributed by atoms with Crippen LogP contribution in [-0.4, -0.2) is 36.3 Å². The molecule has 8 heteroatoms. The molecule has 0 unspecified atom stereocenters. The van der Waals surface area contributed by atoms with Crippen molar-refractivity contribution in [3.05, 3.63) is 33.8 Å². The number of ether oxygens (including phenoxy) is 2. The van der Waals surface area contributed by atoms with Crippen molar-refractivity contribution >= 4 is 22.0 Å². The van der Waals surface area contributed by atoms with Crippen molar-refractivity contribution in [3.8, 4) is 0 Å². The van der Waals surface area contributed by atoms with Crippen LogP contribution in [0.1, 0.15) is 44.7 Å². The summed E-state index contributed by atoms with van der Waals surface area (Å²) in [7, 11) is 0. The number of amides is 1. The van der Waals surface area contributed by atoms with Crippen molar-refractivity contribution < 1.29 is 27.4 Å². The van der Waals surface area contributed by atoms with Crippen LogP contribution in [0.2, 0.25) is 0 Å². The highest BCUT2D eigenvalue weighted by Crippen LogP contribution is 2.34. The summed E-state index contributed by atoms with van der Waals surface area (Å²) in [6.07, 6.45) is -3.26. The van der Waals surface area contributed by atoms with E-state index in [1.165, 1.54) is 6.07 Å². The SMILES string of the molecule is CC(C)(C)OC(=O)N1CCC(COCc2ccc(Br)cc2C(F)(F)F)CC1. The van der Waals surface area contributed by atoms with E-state index in [2.05, 4.69) is 15.9 Å². The lowest BCUT2D eigenvalue weighted by Gasteiger charge is -2.33. The number of likely N-dealkylation sites (tertiary alicyclic amines) is 1. The van der Waals surface area contributed by atoms with Gasteiger partial charge in [-0.3, -0.25) is 0 Å². The maximum atomic E-state index is 13.1. The monoisotopic (exact) mass is 451 g/mol. The maximum absolute atomic E-state index is 13.1. The van der Waals surface area contributed by atoms with Gasteiger partial charge in [-0.15, -0.1) is 0 Å². The zero-order valence-electron chi connectivity index (χ0n) is 15.7. The summed E-state index contributed by atoms with van der Waals surface area (Å²) in [5.74, 6) is 0.216. The number of halogens is 4. The summed E-state index contributed by atoms with van der Waals surface area (Å²) in [4.78, 5) is 13.7. The number of alkyl halides is 3. The van der Waals surface area contributed by atoms with Gasteiger partial charge in [0.25, 0.3) is 0 Å². The predicted molar refractivity (Wildman–Crippen MR) is 99.3 cm³/mol. The number of rotatable bonds is 4. The molecule has 0 radical (unpaired) electrons. The molecule has 1 saturated heterocycles. The highest BCUT2D eigenvalue weighted by Gasteiger charge is 2.33. The van der Waals surface area contributed by atoms with Gasteiger partial charge in [0.15, 0.2) is 0 Å². The minimum absolute atomic E-state index is 0.0889. The Hall–Kier alpha value is -1.28. The van der Waals surface area contributed by atoms with E-state index in [4.69, 9.17) is 9.47 Å². The van der Waals surface area contributed by atoms with Crippen LogP contribution in [0.5, 0.6) is 0 Å². The molecule has 0 N–H and O–H groups in total. The van der Waals surface area contributed by atoms with E-state index in [0.717, 1.165) is 18.9 Å². The summed E-state index contributed by atoms with van der Waals surface area (Å²) in [5.41, 5.74) is -1.09. The third-order valence-electron chi connectivity index (χ3n) is 4.25. The Bertz CT molecular complexity index is 651. The zero-order valence-corrected chi connectivity index (χ0v) is 17.3. The van der Waals surface area contributed by atoms with Crippen LogP contribution in [-0.2, 0) is 22.3 Å². The Morgan fingerprint density at radius 3 is 2.41 bits per heavy atom. The third kappa shape index (κ3) is 6.99. The molecule has 1 aromatic carbocycles. The van der Waals surface area contributed by atoms with Gasteiger partial charge in [-0.25, -0.2) is 4.79 Å². The van der Waals surface area contributed by atoms with Crippen molar-refractivity contribution in [2.24, 2.45) is 5.92 Å². The molecule has 0 saturated carbocycles. The van der Waals surface area contributed by atoms with Crippen LogP contribution < -0.4 is 0 Å². The Balaban J connectivity index is 1.81. The minimum atomic E-state index is -4.42. The molecule has 0 atom stereocenters. The lowest BCUT2D eigenvalue weighted by Crippen LogP contribution is -2.42. The second kappa shape index (κ2) is 8.82. The topological polar surface area (TPSA) is 38.8 Å². The summed E-state index contributed by atoms with van der Waals surface area (Å²) >= 11 is 3.07. The van der Waals surface area contributed by atoms with Crippen LogP contribution in [0.25, 0.3) is 0 Å². The van der Waals surface area contributed by atoms with Crippen molar-refractivity contribution in [1.82, 2.24) is 4.90 Å². The number of carbonyl (C=O) groups excluding carboxylic acids is 1. The second-order valence-corrected chi connectivity index (χ2v) is 8.64. The third-order valence-corrected chi connectivity index (χ3v) is 4.75.